The van der Waals surface area contributed by atoms with Crippen LogP contribution in [-0.4, -0.2) is 19.4 Å². The highest BCUT2D eigenvalue weighted by atomic mass is 32.3. The molecule has 2 aromatic rings. The smallest absolute Gasteiger partial charge is 0.196 e. The highest BCUT2D eigenvalue weighted by molar-refractivity contribution is 8.41. The molecule has 11 heteroatoms. The van der Waals surface area contributed by atoms with Crippen molar-refractivity contribution in [2.75, 3.05) is 0 Å². The molecule has 2 aromatic carbocycles. The molecule has 0 saturated carbocycles. The molecule has 0 fully saturated rings. The van der Waals surface area contributed by atoms with Crippen LogP contribution in [-0.2, 0) is 20.2 Å². The van der Waals surface area contributed by atoms with Crippen LogP contribution in [0, 0.1) is 0 Å². The summed E-state index contributed by atoms with van der Waals surface area (Å²) in [6, 6.07) is 10.5. The van der Waals surface area contributed by atoms with E-state index in [0.717, 1.165) is 17.7 Å². The van der Waals surface area contributed by atoms with Gasteiger partial charge in [-0.05, 0) is 35.3 Å². The molecule has 0 radical (unpaired) electrons. The predicted molar refractivity (Wildman–Crippen MR) is 98.1 cm³/mol. The minimum absolute atomic E-state index is 0.0493. The van der Waals surface area contributed by atoms with E-state index in [9.17, 15) is 34.8 Å². The second-order valence-electron chi connectivity index (χ2n) is 6.07. The Morgan fingerprint density at radius 3 is 2.03 bits per heavy atom. The Morgan fingerprint density at radius 2 is 1.52 bits per heavy atom. The predicted octanol–water partition coefficient (Wildman–Crippen LogP) is 6.23. The Labute approximate surface area is 164 Å². The lowest BCUT2D eigenvalue weighted by Crippen LogP contribution is -2.32. The topological polar surface area (TPSA) is 43.4 Å². The summed E-state index contributed by atoms with van der Waals surface area (Å²) < 4.78 is 109. The van der Waals surface area contributed by atoms with Gasteiger partial charge >= 0.3 is 21.1 Å². The largest absolute Gasteiger partial charge is 0.523 e. The van der Waals surface area contributed by atoms with E-state index in [1.165, 1.54) is 42.5 Å². The Morgan fingerprint density at radius 1 is 0.931 bits per heavy atom. The molecule has 0 N–H and O–H groups in total. The van der Waals surface area contributed by atoms with E-state index < -0.39 is 41.2 Å². The summed E-state index contributed by atoms with van der Waals surface area (Å²) in [6.45, 7) is 1.82. The van der Waals surface area contributed by atoms with Gasteiger partial charge in [-0.15, -0.1) is 0 Å². The summed E-state index contributed by atoms with van der Waals surface area (Å²) in [5, 5.41) is 0. The zero-order valence-electron chi connectivity index (χ0n) is 14.7. The Kier molecular flexibility index (Phi) is 5.29. The third-order valence-corrected chi connectivity index (χ3v) is 8.99. The SMILES string of the molecule is CCc1ccc(C2=Cc3ccccc3S2(OS(=O)(=O)C(F)(F)F)C(F)(F)F)cc1. The lowest BCUT2D eigenvalue weighted by atomic mass is 10.1. The van der Waals surface area contributed by atoms with Gasteiger partial charge in [-0.3, -0.25) is 0 Å². The first-order valence-electron chi connectivity index (χ1n) is 8.15. The fraction of sp³-hybridized carbons (Fsp3) is 0.222. The van der Waals surface area contributed by atoms with Gasteiger partial charge in [-0.2, -0.15) is 38.4 Å². The second kappa shape index (κ2) is 7.06. The summed E-state index contributed by atoms with van der Waals surface area (Å²) in [7, 11) is -11.6. The fourth-order valence-electron chi connectivity index (χ4n) is 2.89. The third kappa shape index (κ3) is 3.55. The van der Waals surface area contributed by atoms with E-state index in [2.05, 4.69) is 3.63 Å². The van der Waals surface area contributed by atoms with Gasteiger partial charge in [0.1, 0.15) is 0 Å². The van der Waals surface area contributed by atoms with Gasteiger partial charge in [0.15, 0.2) is 0 Å². The molecule has 1 aliphatic heterocycles. The molecule has 1 unspecified atom stereocenters. The molecule has 158 valence electrons. The van der Waals surface area contributed by atoms with Gasteiger partial charge in [0.25, 0.3) is 0 Å². The van der Waals surface area contributed by atoms with Crippen LogP contribution < -0.4 is 0 Å². The normalized spacial score (nSPS) is 22.0. The van der Waals surface area contributed by atoms with E-state index in [-0.39, 0.29) is 11.1 Å². The van der Waals surface area contributed by atoms with Gasteiger partial charge in [-0.25, -0.2) is 0 Å². The van der Waals surface area contributed by atoms with Crippen LogP contribution in [0.2, 0.25) is 0 Å². The zero-order chi connectivity index (χ0) is 21.7. The standard InChI is InChI=1S/C18H14F6O3S2/c1-2-12-7-9-13(10-8-12)16-11-14-5-3-4-6-15(14)28(16,17(19,20)21)27-29(25,26)18(22,23)24/h3-11H,2H2,1H3. The number of aryl methyl sites for hydroxylation is 1. The van der Waals surface area contributed by atoms with E-state index in [1.807, 2.05) is 6.92 Å². The molecule has 0 aliphatic carbocycles. The van der Waals surface area contributed by atoms with Gasteiger partial charge in [0, 0.05) is 20.1 Å². The van der Waals surface area contributed by atoms with Gasteiger partial charge in [-0.1, -0.05) is 49.4 Å². The lowest BCUT2D eigenvalue weighted by Gasteiger charge is -2.39. The number of hydrogen-bond donors (Lipinski definition) is 0. The molecule has 0 bridgehead atoms. The molecule has 0 aromatic heterocycles. The molecule has 1 atom stereocenters. The average molecular weight is 456 g/mol. The molecule has 29 heavy (non-hydrogen) atoms. The molecule has 0 amide bonds. The van der Waals surface area contributed by atoms with Crippen LogP contribution in [0.5, 0.6) is 0 Å². The lowest BCUT2D eigenvalue weighted by molar-refractivity contribution is -0.0543. The van der Waals surface area contributed by atoms with E-state index in [4.69, 9.17) is 0 Å². The van der Waals surface area contributed by atoms with Crippen LogP contribution >= 0.6 is 10.3 Å². The van der Waals surface area contributed by atoms with Crippen molar-refractivity contribution in [1.29, 1.82) is 0 Å². The molecular formula is C18H14F6O3S2. The van der Waals surface area contributed by atoms with Crippen LogP contribution in [0.15, 0.2) is 53.4 Å². The van der Waals surface area contributed by atoms with E-state index >= 15 is 0 Å². The van der Waals surface area contributed by atoms with Crippen LogP contribution in [0.4, 0.5) is 26.3 Å². The summed E-state index contributed by atoms with van der Waals surface area (Å²) >= 11 is 0. The summed E-state index contributed by atoms with van der Waals surface area (Å²) in [5.41, 5.74) is -10.8. The molecule has 1 aliphatic rings. The Balaban J connectivity index is 2.31. The molecule has 0 spiro atoms. The summed E-state index contributed by atoms with van der Waals surface area (Å²) in [6.07, 6.45) is 1.63. The number of rotatable bonds is 4. The first-order chi connectivity index (χ1) is 13.3. The highest BCUT2D eigenvalue weighted by Gasteiger charge is 2.64. The quantitative estimate of drug-likeness (QED) is 0.405. The van der Waals surface area contributed by atoms with Crippen molar-refractivity contribution >= 4 is 31.4 Å². The Bertz CT molecular complexity index is 1060. The van der Waals surface area contributed by atoms with Crippen LogP contribution in [0.1, 0.15) is 23.6 Å². The number of benzene rings is 2. The number of fused-ring (bicyclic) bond motifs is 1. The fourth-order valence-corrected chi connectivity index (χ4v) is 7.40. The average Bonchev–Trinajstić information content (AvgIpc) is 2.96. The number of halogens is 6. The minimum Gasteiger partial charge on any atom is -0.196 e. The molecule has 3 nitrogen and oxygen atoms in total. The maximum absolute atomic E-state index is 14.3. The second-order valence-corrected chi connectivity index (χ2v) is 10.4. The van der Waals surface area contributed by atoms with Crippen molar-refractivity contribution in [2.24, 2.45) is 0 Å². The first-order valence-corrected chi connectivity index (χ1v) is 11.1. The van der Waals surface area contributed by atoms with Crippen molar-refractivity contribution in [3.8, 4) is 0 Å². The number of hydrogen-bond acceptors (Lipinski definition) is 3. The van der Waals surface area contributed by atoms with Gasteiger partial charge in [0.2, 0.25) is 0 Å². The van der Waals surface area contributed by atoms with Crippen molar-refractivity contribution in [3.05, 3.63) is 65.2 Å². The van der Waals surface area contributed by atoms with E-state index in [1.54, 1.807) is 0 Å². The maximum atomic E-state index is 14.3. The van der Waals surface area contributed by atoms with Gasteiger partial charge in [0.05, 0.1) is 0 Å². The molecule has 1 heterocycles. The maximum Gasteiger partial charge on any atom is 0.523 e. The highest BCUT2D eigenvalue weighted by Crippen LogP contribution is 2.80. The van der Waals surface area contributed by atoms with Gasteiger partial charge < -0.3 is 0 Å². The van der Waals surface area contributed by atoms with E-state index in [0.29, 0.717) is 6.42 Å². The van der Waals surface area contributed by atoms with Crippen molar-refractivity contribution in [3.63, 3.8) is 0 Å². The van der Waals surface area contributed by atoms with Crippen LogP contribution in [0.3, 0.4) is 0 Å². The van der Waals surface area contributed by atoms with Crippen LogP contribution in [0.25, 0.3) is 11.0 Å². The van der Waals surface area contributed by atoms with Crippen molar-refractivity contribution < 1.29 is 38.4 Å². The van der Waals surface area contributed by atoms with Crippen molar-refractivity contribution in [2.45, 2.75) is 29.3 Å². The first kappa shape index (κ1) is 21.7. The molecular weight excluding hydrogens is 442 g/mol. The monoisotopic (exact) mass is 456 g/mol. The number of alkyl halides is 6. The zero-order valence-corrected chi connectivity index (χ0v) is 16.3. The molecule has 0 saturated heterocycles. The summed E-state index contributed by atoms with van der Waals surface area (Å²) in [5.74, 6) is 0. The van der Waals surface area contributed by atoms with Crippen molar-refractivity contribution in [1.82, 2.24) is 0 Å². The Hall–Kier alpha value is -1.98. The third-order valence-electron chi connectivity index (χ3n) is 4.27. The summed E-state index contributed by atoms with van der Waals surface area (Å²) in [4.78, 5) is -1.29. The minimum atomic E-state index is -6.54. The molecule has 3 rings (SSSR count).